The van der Waals surface area contributed by atoms with Crippen LogP contribution in [0.3, 0.4) is 0 Å². The molecule has 1 N–H and O–H groups in total. The lowest BCUT2D eigenvalue weighted by atomic mass is 10.0. The lowest BCUT2D eigenvalue weighted by Gasteiger charge is -2.21. The average molecular weight is 316 g/mol. The van der Waals surface area contributed by atoms with Gasteiger partial charge in [-0.15, -0.1) is 11.8 Å². The maximum absolute atomic E-state index is 4.38. The molecule has 0 radical (unpaired) electrons. The molecule has 17 heavy (non-hydrogen) atoms. The van der Waals surface area contributed by atoms with Gasteiger partial charge in [0.05, 0.1) is 4.47 Å². The van der Waals surface area contributed by atoms with Crippen molar-refractivity contribution in [3.8, 4) is 0 Å². The van der Waals surface area contributed by atoms with Gasteiger partial charge in [0.2, 0.25) is 0 Å². The van der Waals surface area contributed by atoms with Gasteiger partial charge in [-0.05, 0) is 35.7 Å². The summed E-state index contributed by atoms with van der Waals surface area (Å²) in [5, 5.41) is 5.04. The molecule has 0 aliphatic heterocycles. The second-order valence-corrected chi connectivity index (χ2v) is 6.33. The van der Waals surface area contributed by atoms with Crippen molar-refractivity contribution in [2.75, 3.05) is 11.9 Å². The van der Waals surface area contributed by atoms with E-state index in [1.807, 2.05) is 11.8 Å². The van der Waals surface area contributed by atoms with Gasteiger partial charge in [-0.25, -0.2) is 9.97 Å². The zero-order valence-corrected chi connectivity index (χ0v) is 12.5. The number of nitrogens with zero attached hydrogens (tertiary/aromatic N) is 2. The Labute approximate surface area is 115 Å². The Bertz CT molecular complexity index is 367. The molecule has 0 amide bonds. The highest BCUT2D eigenvalue weighted by Crippen LogP contribution is 2.37. The van der Waals surface area contributed by atoms with Crippen LogP contribution in [0.4, 0.5) is 5.82 Å². The summed E-state index contributed by atoms with van der Waals surface area (Å²) < 4.78 is 1.01. The molecule has 1 aliphatic carbocycles. The monoisotopic (exact) mass is 315 g/mol. The summed E-state index contributed by atoms with van der Waals surface area (Å²) in [7, 11) is 0. The van der Waals surface area contributed by atoms with Crippen molar-refractivity contribution in [3.63, 3.8) is 0 Å². The van der Waals surface area contributed by atoms with Crippen molar-refractivity contribution in [2.24, 2.45) is 0 Å². The molecule has 1 aromatic heterocycles. The van der Waals surface area contributed by atoms with Crippen LogP contribution in [0, 0.1) is 0 Å². The molecule has 1 saturated carbocycles. The first-order valence-corrected chi connectivity index (χ1v) is 7.89. The number of thioether (sulfide) groups is 1. The van der Waals surface area contributed by atoms with E-state index in [0.29, 0.717) is 0 Å². The third-order valence-corrected chi connectivity index (χ3v) is 5.28. The quantitative estimate of drug-likeness (QED) is 0.849. The SMILES string of the molecule is CCNc1ncnc(SC2CCCCC2)c1Br. The van der Waals surface area contributed by atoms with E-state index in [-0.39, 0.29) is 0 Å². The van der Waals surface area contributed by atoms with Crippen LogP contribution in [0.15, 0.2) is 15.8 Å². The highest BCUT2D eigenvalue weighted by atomic mass is 79.9. The number of nitrogens with one attached hydrogen (secondary N) is 1. The summed E-state index contributed by atoms with van der Waals surface area (Å²) in [6.07, 6.45) is 8.40. The number of hydrogen-bond acceptors (Lipinski definition) is 4. The van der Waals surface area contributed by atoms with E-state index in [9.17, 15) is 0 Å². The van der Waals surface area contributed by atoms with E-state index in [4.69, 9.17) is 0 Å². The molecule has 1 fully saturated rings. The van der Waals surface area contributed by atoms with E-state index in [2.05, 4.69) is 38.1 Å². The molecule has 0 spiro atoms. The number of anilines is 1. The summed E-state index contributed by atoms with van der Waals surface area (Å²) >= 11 is 5.49. The molecule has 3 nitrogen and oxygen atoms in total. The van der Waals surface area contributed by atoms with Crippen molar-refractivity contribution < 1.29 is 0 Å². The lowest BCUT2D eigenvalue weighted by Crippen LogP contribution is -2.09. The summed E-state index contributed by atoms with van der Waals surface area (Å²) in [4.78, 5) is 8.62. The normalized spacial score (nSPS) is 17.1. The van der Waals surface area contributed by atoms with Crippen LogP contribution in [0.25, 0.3) is 0 Å². The summed E-state index contributed by atoms with van der Waals surface area (Å²) in [6.45, 7) is 2.95. The minimum absolute atomic E-state index is 0.726. The summed E-state index contributed by atoms with van der Waals surface area (Å²) in [6, 6.07) is 0. The van der Waals surface area contributed by atoms with Crippen molar-refractivity contribution >= 4 is 33.5 Å². The van der Waals surface area contributed by atoms with Crippen molar-refractivity contribution in [1.29, 1.82) is 0 Å². The van der Waals surface area contributed by atoms with Crippen LogP contribution < -0.4 is 5.32 Å². The number of hydrogen-bond donors (Lipinski definition) is 1. The predicted molar refractivity (Wildman–Crippen MR) is 76.6 cm³/mol. The highest BCUT2D eigenvalue weighted by Gasteiger charge is 2.18. The molecular weight excluding hydrogens is 298 g/mol. The first-order valence-electron chi connectivity index (χ1n) is 6.22. The van der Waals surface area contributed by atoms with Gasteiger partial charge in [-0.1, -0.05) is 19.3 Å². The fraction of sp³-hybridized carbons (Fsp3) is 0.667. The second-order valence-electron chi connectivity index (χ2n) is 4.25. The largest absolute Gasteiger partial charge is 0.369 e. The zero-order valence-electron chi connectivity index (χ0n) is 10.1. The highest BCUT2D eigenvalue weighted by molar-refractivity contribution is 9.10. The van der Waals surface area contributed by atoms with Crippen LogP contribution in [0.5, 0.6) is 0 Å². The standard InChI is InChI=1S/C12H18BrN3S/c1-2-14-11-10(13)12(16-8-15-11)17-9-6-4-3-5-7-9/h8-9H,2-7H2,1H3,(H,14,15,16). The lowest BCUT2D eigenvalue weighted by molar-refractivity contribution is 0.515. The van der Waals surface area contributed by atoms with Gasteiger partial charge in [-0.3, -0.25) is 0 Å². The Morgan fingerprint density at radius 2 is 2.12 bits per heavy atom. The van der Waals surface area contributed by atoms with Crippen LogP contribution in [-0.4, -0.2) is 21.8 Å². The molecule has 5 heteroatoms. The van der Waals surface area contributed by atoms with Crippen molar-refractivity contribution in [3.05, 3.63) is 10.8 Å². The maximum atomic E-state index is 4.38. The Morgan fingerprint density at radius 3 is 2.82 bits per heavy atom. The number of aromatic nitrogens is 2. The summed E-state index contributed by atoms with van der Waals surface area (Å²) in [5.74, 6) is 0.904. The average Bonchev–Trinajstić information content (AvgIpc) is 2.36. The van der Waals surface area contributed by atoms with Gasteiger partial charge in [0.1, 0.15) is 17.2 Å². The number of rotatable bonds is 4. The first kappa shape index (κ1) is 13.1. The van der Waals surface area contributed by atoms with Crippen molar-refractivity contribution in [2.45, 2.75) is 49.3 Å². The van der Waals surface area contributed by atoms with E-state index in [1.165, 1.54) is 32.1 Å². The molecule has 2 rings (SSSR count). The van der Waals surface area contributed by atoms with Gasteiger partial charge in [0.15, 0.2) is 0 Å². The Hall–Kier alpha value is -0.290. The van der Waals surface area contributed by atoms with Gasteiger partial charge in [0.25, 0.3) is 0 Å². The van der Waals surface area contributed by atoms with E-state index in [0.717, 1.165) is 27.1 Å². The van der Waals surface area contributed by atoms with E-state index < -0.39 is 0 Å². The molecule has 0 aromatic carbocycles. The van der Waals surface area contributed by atoms with Gasteiger partial charge < -0.3 is 5.32 Å². The predicted octanol–water partition coefficient (Wildman–Crippen LogP) is 4.10. The smallest absolute Gasteiger partial charge is 0.144 e. The summed E-state index contributed by atoms with van der Waals surface area (Å²) in [5.41, 5.74) is 0. The Balaban J connectivity index is 2.06. The Morgan fingerprint density at radius 1 is 1.35 bits per heavy atom. The third-order valence-electron chi connectivity index (χ3n) is 2.93. The number of halogens is 1. The second kappa shape index (κ2) is 6.59. The van der Waals surface area contributed by atoms with Crippen LogP contribution >= 0.6 is 27.7 Å². The molecule has 0 unspecified atom stereocenters. The molecule has 0 atom stereocenters. The molecule has 1 heterocycles. The van der Waals surface area contributed by atoms with Crippen LogP contribution in [0.1, 0.15) is 39.0 Å². The molecule has 94 valence electrons. The van der Waals surface area contributed by atoms with Gasteiger partial charge >= 0.3 is 0 Å². The zero-order chi connectivity index (χ0) is 12.1. The minimum Gasteiger partial charge on any atom is -0.369 e. The topological polar surface area (TPSA) is 37.8 Å². The van der Waals surface area contributed by atoms with Gasteiger partial charge in [0, 0.05) is 11.8 Å². The molecule has 0 saturated heterocycles. The fourth-order valence-corrected chi connectivity index (χ4v) is 3.89. The molecule has 0 bridgehead atoms. The van der Waals surface area contributed by atoms with Crippen molar-refractivity contribution in [1.82, 2.24) is 9.97 Å². The molecular formula is C12H18BrN3S. The molecule has 1 aliphatic rings. The maximum Gasteiger partial charge on any atom is 0.144 e. The van der Waals surface area contributed by atoms with Crippen LogP contribution in [0.2, 0.25) is 0 Å². The first-order chi connectivity index (χ1) is 8.31. The van der Waals surface area contributed by atoms with E-state index in [1.54, 1.807) is 6.33 Å². The fourth-order valence-electron chi connectivity index (χ4n) is 2.07. The third kappa shape index (κ3) is 3.58. The Kier molecular flexibility index (Phi) is 5.10. The van der Waals surface area contributed by atoms with Crippen LogP contribution in [-0.2, 0) is 0 Å². The minimum atomic E-state index is 0.726. The van der Waals surface area contributed by atoms with Gasteiger partial charge in [-0.2, -0.15) is 0 Å². The van der Waals surface area contributed by atoms with E-state index >= 15 is 0 Å². The molecule has 1 aromatic rings.